The van der Waals surface area contributed by atoms with Crippen LogP contribution in [-0.2, 0) is 4.79 Å². The van der Waals surface area contributed by atoms with E-state index in [1.165, 1.54) is 25.6 Å². The number of benzene rings is 1. The topological polar surface area (TPSA) is 71.3 Å². The van der Waals surface area contributed by atoms with Gasteiger partial charge < -0.3 is 14.8 Å². The van der Waals surface area contributed by atoms with E-state index in [1.807, 2.05) is 18.2 Å². The Morgan fingerprint density at radius 2 is 2.00 bits per heavy atom. The minimum atomic E-state index is -0.482. The number of anilines is 1. The van der Waals surface area contributed by atoms with Crippen LogP contribution >= 0.6 is 27.3 Å². The highest BCUT2D eigenvalue weighted by Gasteiger charge is 2.12. The zero-order chi connectivity index (χ0) is 16.8. The Kier molecular flexibility index (Phi) is 5.79. The molecule has 0 aliphatic carbocycles. The van der Waals surface area contributed by atoms with Crippen molar-refractivity contribution in [3.8, 4) is 17.6 Å². The minimum Gasteiger partial charge on any atom is -0.493 e. The quantitative estimate of drug-likeness (QED) is 0.614. The first kappa shape index (κ1) is 17.1. The second-order valence-electron chi connectivity index (χ2n) is 4.34. The smallest absolute Gasteiger partial charge is 0.266 e. The van der Waals surface area contributed by atoms with Crippen LogP contribution < -0.4 is 14.8 Å². The number of hydrogen-bond acceptors (Lipinski definition) is 5. The van der Waals surface area contributed by atoms with Crippen molar-refractivity contribution in [2.24, 2.45) is 0 Å². The van der Waals surface area contributed by atoms with E-state index in [9.17, 15) is 10.1 Å². The number of methoxy groups -OCH3 is 2. The molecule has 0 saturated heterocycles. The van der Waals surface area contributed by atoms with Crippen molar-refractivity contribution in [1.29, 1.82) is 5.26 Å². The number of thiophene rings is 1. The number of nitrogens with zero attached hydrogens (tertiary/aromatic N) is 1. The Morgan fingerprint density at radius 3 is 2.57 bits per heavy atom. The number of rotatable bonds is 5. The maximum Gasteiger partial charge on any atom is 0.266 e. The second-order valence-corrected chi connectivity index (χ2v) is 6.83. The molecule has 0 atom stereocenters. The fraction of sp³-hybridized carbons (Fsp3) is 0.125. The van der Waals surface area contributed by atoms with E-state index >= 15 is 0 Å². The average molecular weight is 393 g/mol. The van der Waals surface area contributed by atoms with E-state index in [4.69, 9.17) is 9.47 Å². The van der Waals surface area contributed by atoms with Crippen molar-refractivity contribution in [2.75, 3.05) is 19.5 Å². The normalized spacial score (nSPS) is 10.8. The van der Waals surface area contributed by atoms with Gasteiger partial charge in [0.2, 0.25) is 0 Å². The number of carbonyl (C=O) groups excluding carboxylic acids is 1. The van der Waals surface area contributed by atoms with Crippen molar-refractivity contribution in [3.63, 3.8) is 0 Å². The summed E-state index contributed by atoms with van der Waals surface area (Å²) in [7, 11) is 3.05. The zero-order valence-electron chi connectivity index (χ0n) is 12.4. The fourth-order valence-corrected chi connectivity index (χ4v) is 3.18. The Morgan fingerprint density at radius 1 is 1.26 bits per heavy atom. The van der Waals surface area contributed by atoms with Crippen molar-refractivity contribution >= 4 is 44.9 Å². The Hall–Kier alpha value is -2.30. The third-order valence-corrected chi connectivity index (χ3v) is 4.46. The Labute approximate surface area is 146 Å². The van der Waals surface area contributed by atoms with Crippen molar-refractivity contribution in [3.05, 3.63) is 44.6 Å². The van der Waals surface area contributed by atoms with E-state index < -0.39 is 5.91 Å². The van der Waals surface area contributed by atoms with Gasteiger partial charge in [0.25, 0.3) is 5.91 Å². The molecule has 1 aromatic carbocycles. The summed E-state index contributed by atoms with van der Waals surface area (Å²) in [6.45, 7) is 0. The summed E-state index contributed by atoms with van der Waals surface area (Å²) in [5, 5.41) is 11.9. The van der Waals surface area contributed by atoms with Crippen LogP contribution in [0, 0.1) is 11.3 Å². The molecular weight excluding hydrogens is 380 g/mol. The lowest BCUT2D eigenvalue weighted by Gasteiger charge is -2.10. The van der Waals surface area contributed by atoms with Gasteiger partial charge in [-0.15, -0.1) is 11.3 Å². The van der Waals surface area contributed by atoms with Gasteiger partial charge in [-0.3, -0.25) is 4.79 Å². The molecule has 0 aliphatic heterocycles. The summed E-state index contributed by atoms with van der Waals surface area (Å²) in [6.07, 6.45) is 1.55. The molecule has 0 spiro atoms. The summed E-state index contributed by atoms with van der Waals surface area (Å²) in [5.74, 6) is 0.573. The zero-order valence-corrected chi connectivity index (χ0v) is 14.8. The summed E-state index contributed by atoms with van der Waals surface area (Å²) in [6, 6.07) is 10.6. The highest BCUT2D eigenvalue weighted by Crippen LogP contribution is 2.30. The van der Waals surface area contributed by atoms with Crippen LogP contribution in [0.4, 0.5) is 5.69 Å². The first-order valence-electron chi connectivity index (χ1n) is 6.48. The lowest BCUT2D eigenvalue weighted by molar-refractivity contribution is -0.112. The fourth-order valence-electron chi connectivity index (χ4n) is 1.81. The van der Waals surface area contributed by atoms with Gasteiger partial charge in [-0.25, -0.2) is 0 Å². The molecule has 0 saturated carbocycles. The number of halogens is 1. The molecule has 1 aromatic heterocycles. The standard InChI is InChI=1S/C16H13BrN2O3S/c1-21-13-5-3-11(8-14(13)22-2)19-16(20)10(9-18)7-12-4-6-15(17)23-12/h3-8H,1-2H3,(H,19,20). The molecule has 0 unspecified atom stereocenters. The average Bonchev–Trinajstić information content (AvgIpc) is 2.97. The molecule has 1 N–H and O–H groups in total. The van der Waals surface area contributed by atoms with E-state index in [0.29, 0.717) is 17.2 Å². The van der Waals surface area contributed by atoms with Gasteiger partial charge >= 0.3 is 0 Å². The predicted octanol–water partition coefficient (Wildman–Crippen LogP) is 4.07. The van der Waals surface area contributed by atoms with Crippen molar-refractivity contribution in [1.82, 2.24) is 0 Å². The van der Waals surface area contributed by atoms with Crippen LogP contribution in [0.25, 0.3) is 6.08 Å². The van der Waals surface area contributed by atoms with Gasteiger partial charge in [0.1, 0.15) is 11.6 Å². The van der Waals surface area contributed by atoms with Crippen LogP contribution in [0.5, 0.6) is 11.5 Å². The number of nitrogens with one attached hydrogen (secondary N) is 1. The second kappa shape index (κ2) is 7.81. The molecule has 2 rings (SSSR count). The molecule has 2 aromatic rings. The number of carbonyl (C=O) groups is 1. The Balaban J connectivity index is 2.20. The molecule has 1 heterocycles. The SMILES string of the molecule is COc1ccc(NC(=O)C(C#N)=Cc2ccc(Br)s2)cc1OC. The maximum absolute atomic E-state index is 12.2. The van der Waals surface area contributed by atoms with E-state index in [1.54, 1.807) is 24.3 Å². The molecule has 7 heteroatoms. The highest BCUT2D eigenvalue weighted by atomic mass is 79.9. The lowest BCUT2D eigenvalue weighted by atomic mass is 10.2. The molecular formula is C16H13BrN2O3S. The monoisotopic (exact) mass is 392 g/mol. The van der Waals surface area contributed by atoms with Gasteiger partial charge in [0.05, 0.1) is 18.0 Å². The van der Waals surface area contributed by atoms with Gasteiger partial charge in [-0.2, -0.15) is 5.26 Å². The molecule has 0 bridgehead atoms. The third kappa shape index (κ3) is 4.34. The minimum absolute atomic E-state index is 0.0223. The Bertz CT molecular complexity index is 793. The molecule has 118 valence electrons. The van der Waals surface area contributed by atoms with Crippen LogP contribution in [-0.4, -0.2) is 20.1 Å². The molecule has 0 radical (unpaired) electrons. The number of amides is 1. The van der Waals surface area contributed by atoms with E-state index in [0.717, 1.165) is 8.66 Å². The third-order valence-electron chi connectivity index (χ3n) is 2.89. The first-order chi connectivity index (χ1) is 11.1. The van der Waals surface area contributed by atoms with Crippen LogP contribution in [0.15, 0.2) is 39.7 Å². The molecule has 0 aliphatic rings. The van der Waals surface area contributed by atoms with E-state index in [-0.39, 0.29) is 5.57 Å². The first-order valence-corrected chi connectivity index (χ1v) is 8.09. The van der Waals surface area contributed by atoms with Crippen LogP contribution in [0.1, 0.15) is 4.88 Å². The van der Waals surface area contributed by atoms with Gasteiger partial charge in [-0.1, -0.05) is 0 Å². The molecule has 5 nitrogen and oxygen atoms in total. The summed E-state index contributed by atoms with van der Waals surface area (Å²) >= 11 is 4.78. The van der Waals surface area contributed by atoms with E-state index in [2.05, 4.69) is 21.2 Å². The molecule has 0 fully saturated rings. The van der Waals surface area contributed by atoms with Crippen LogP contribution in [0.2, 0.25) is 0 Å². The lowest BCUT2D eigenvalue weighted by Crippen LogP contribution is -2.13. The largest absolute Gasteiger partial charge is 0.493 e. The highest BCUT2D eigenvalue weighted by molar-refractivity contribution is 9.11. The number of nitriles is 1. The molecule has 1 amide bonds. The number of ether oxygens (including phenoxy) is 2. The van der Waals surface area contributed by atoms with Gasteiger partial charge in [-0.05, 0) is 46.3 Å². The summed E-state index contributed by atoms with van der Waals surface area (Å²) in [5.41, 5.74) is 0.537. The summed E-state index contributed by atoms with van der Waals surface area (Å²) in [4.78, 5) is 13.0. The van der Waals surface area contributed by atoms with Crippen molar-refractivity contribution in [2.45, 2.75) is 0 Å². The van der Waals surface area contributed by atoms with Crippen LogP contribution in [0.3, 0.4) is 0 Å². The van der Waals surface area contributed by atoms with Crippen molar-refractivity contribution < 1.29 is 14.3 Å². The summed E-state index contributed by atoms with van der Waals surface area (Å²) < 4.78 is 11.3. The number of hydrogen-bond donors (Lipinski definition) is 1. The van der Waals surface area contributed by atoms with Gasteiger partial charge in [0.15, 0.2) is 11.5 Å². The molecule has 23 heavy (non-hydrogen) atoms. The maximum atomic E-state index is 12.2. The predicted molar refractivity (Wildman–Crippen MR) is 93.8 cm³/mol. The van der Waals surface area contributed by atoms with Gasteiger partial charge in [0, 0.05) is 16.6 Å².